The van der Waals surface area contributed by atoms with Crippen molar-refractivity contribution in [3.63, 3.8) is 0 Å². The highest BCUT2D eigenvalue weighted by Gasteiger charge is 2.19. The van der Waals surface area contributed by atoms with Crippen LogP contribution >= 0.6 is 0 Å². The number of anilines is 1. The average Bonchev–Trinajstić information content (AvgIpc) is 3.01. The molecule has 0 bridgehead atoms. The third-order valence-corrected chi connectivity index (χ3v) is 7.43. The van der Waals surface area contributed by atoms with Crippen molar-refractivity contribution in [2.24, 2.45) is 5.73 Å². The van der Waals surface area contributed by atoms with Gasteiger partial charge in [0.05, 0.1) is 11.0 Å². The normalized spacial score (nSPS) is 18.2. The molecule has 2 N–H and O–H groups in total. The molecule has 1 aliphatic rings. The molecule has 142 valence electrons. The number of unbranched alkanes of at least 4 members (excludes halogenated alkanes) is 4. The molecule has 0 spiro atoms. The first-order valence-electron chi connectivity index (χ1n) is 9.69. The summed E-state index contributed by atoms with van der Waals surface area (Å²) in [5, 5.41) is -0.244. The summed E-state index contributed by atoms with van der Waals surface area (Å²) in [7, 11) is -2.86. The Morgan fingerprint density at radius 1 is 1.08 bits per heavy atom. The van der Waals surface area contributed by atoms with Crippen LogP contribution in [-0.2, 0) is 16.3 Å². The molecular weight excluding hydrogens is 332 g/mol. The smallest absolute Gasteiger partial charge is 0.152 e. The molecule has 1 aromatic carbocycles. The molecule has 1 fully saturated rings. The molecule has 5 heteroatoms. The van der Waals surface area contributed by atoms with Gasteiger partial charge in [-0.3, -0.25) is 0 Å². The molecule has 1 atom stereocenters. The van der Waals surface area contributed by atoms with Gasteiger partial charge in [-0.2, -0.15) is 0 Å². The zero-order valence-electron chi connectivity index (χ0n) is 15.8. The highest BCUT2D eigenvalue weighted by atomic mass is 32.2. The van der Waals surface area contributed by atoms with Gasteiger partial charge in [-0.15, -0.1) is 0 Å². The van der Waals surface area contributed by atoms with Crippen LogP contribution in [0.15, 0.2) is 24.3 Å². The maximum atomic E-state index is 11.7. The summed E-state index contributed by atoms with van der Waals surface area (Å²) in [6.07, 6.45) is 7.46. The zero-order valence-corrected chi connectivity index (χ0v) is 16.6. The van der Waals surface area contributed by atoms with E-state index in [9.17, 15) is 8.42 Å². The van der Waals surface area contributed by atoms with Crippen LogP contribution in [0.1, 0.15) is 57.9 Å². The van der Waals surface area contributed by atoms with E-state index in [-0.39, 0.29) is 5.25 Å². The molecule has 1 aromatic rings. The molecule has 0 saturated carbocycles. The minimum Gasteiger partial charge on any atom is -0.370 e. The van der Waals surface area contributed by atoms with Crippen LogP contribution < -0.4 is 10.6 Å². The quantitative estimate of drug-likeness (QED) is 0.643. The summed E-state index contributed by atoms with van der Waals surface area (Å²) in [5.41, 5.74) is 8.64. The Kier molecular flexibility index (Phi) is 7.76. The molecule has 2 rings (SSSR count). The van der Waals surface area contributed by atoms with Gasteiger partial charge in [0.2, 0.25) is 0 Å². The monoisotopic (exact) mass is 366 g/mol. The van der Waals surface area contributed by atoms with E-state index in [1.807, 2.05) is 0 Å². The zero-order chi connectivity index (χ0) is 18.3. The van der Waals surface area contributed by atoms with Crippen LogP contribution in [0.5, 0.6) is 0 Å². The summed E-state index contributed by atoms with van der Waals surface area (Å²) < 4.78 is 23.5. The maximum absolute atomic E-state index is 11.7. The Morgan fingerprint density at radius 2 is 1.72 bits per heavy atom. The topological polar surface area (TPSA) is 63.4 Å². The molecular formula is C20H34N2O2S. The predicted molar refractivity (Wildman–Crippen MR) is 107 cm³/mol. The third-order valence-electron chi connectivity index (χ3n) is 5.14. The lowest BCUT2D eigenvalue weighted by Gasteiger charge is -2.18. The van der Waals surface area contributed by atoms with Crippen LogP contribution in [0, 0.1) is 0 Å². The minimum absolute atomic E-state index is 0.244. The second kappa shape index (κ2) is 9.58. The van der Waals surface area contributed by atoms with E-state index in [4.69, 9.17) is 5.73 Å². The second-order valence-corrected chi connectivity index (χ2v) is 10.3. The van der Waals surface area contributed by atoms with Gasteiger partial charge in [0, 0.05) is 24.8 Å². The van der Waals surface area contributed by atoms with Gasteiger partial charge < -0.3 is 10.6 Å². The molecule has 1 saturated heterocycles. The van der Waals surface area contributed by atoms with Crippen molar-refractivity contribution >= 4 is 15.5 Å². The molecule has 0 aromatic heterocycles. The van der Waals surface area contributed by atoms with Crippen LogP contribution in [0.25, 0.3) is 0 Å². The lowest BCUT2D eigenvalue weighted by molar-refractivity contribution is 0.577. The lowest BCUT2D eigenvalue weighted by Crippen LogP contribution is -2.26. The number of hydrogen-bond donors (Lipinski definition) is 1. The highest BCUT2D eigenvalue weighted by Crippen LogP contribution is 2.21. The van der Waals surface area contributed by atoms with Crippen molar-refractivity contribution in [2.75, 3.05) is 23.7 Å². The van der Waals surface area contributed by atoms with Crippen molar-refractivity contribution in [1.82, 2.24) is 0 Å². The molecule has 0 radical (unpaired) electrons. The Labute approximate surface area is 153 Å². The van der Waals surface area contributed by atoms with E-state index in [1.54, 1.807) is 13.8 Å². The van der Waals surface area contributed by atoms with Crippen molar-refractivity contribution < 1.29 is 8.42 Å². The van der Waals surface area contributed by atoms with Gasteiger partial charge in [0.15, 0.2) is 9.84 Å². The lowest BCUT2D eigenvalue weighted by atomic mass is 10.1. The number of nitrogens with two attached hydrogens (primary N) is 1. The van der Waals surface area contributed by atoms with Crippen LogP contribution in [0.2, 0.25) is 0 Å². The molecule has 0 aliphatic carbocycles. The van der Waals surface area contributed by atoms with Crippen molar-refractivity contribution in [2.45, 2.75) is 70.1 Å². The van der Waals surface area contributed by atoms with E-state index in [0.717, 1.165) is 45.2 Å². The first-order valence-corrected chi connectivity index (χ1v) is 11.4. The fraction of sp³-hybridized carbons (Fsp3) is 0.700. The van der Waals surface area contributed by atoms with Gasteiger partial charge >= 0.3 is 0 Å². The van der Waals surface area contributed by atoms with Crippen molar-refractivity contribution in [1.29, 1.82) is 0 Å². The van der Waals surface area contributed by atoms with E-state index >= 15 is 0 Å². The summed E-state index contributed by atoms with van der Waals surface area (Å²) in [6, 6.07) is 9.20. The largest absolute Gasteiger partial charge is 0.370 e. The van der Waals surface area contributed by atoms with Crippen molar-refractivity contribution in [3.8, 4) is 0 Å². The van der Waals surface area contributed by atoms with Crippen molar-refractivity contribution in [3.05, 3.63) is 29.8 Å². The first-order chi connectivity index (χ1) is 11.9. The second-order valence-electron chi connectivity index (χ2n) is 7.59. The standard InChI is InChI=1S/C20H34N2O2S/c1-17(2)25(23,24)15-7-5-3-4-6-8-18-9-11-20(12-10-18)22-14-13-19(21)16-22/h9-12,17,19H,3-8,13-16,21H2,1-2H3. The van der Waals surface area contributed by atoms with Gasteiger partial charge in [-0.25, -0.2) is 8.42 Å². The molecule has 1 aliphatic heterocycles. The number of benzene rings is 1. The van der Waals surface area contributed by atoms with Gasteiger partial charge in [0.25, 0.3) is 0 Å². The Hall–Kier alpha value is -1.07. The number of rotatable bonds is 10. The van der Waals surface area contributed by atoms with Gasteiger partial charge in [0.1, 0.15) is 0 Å². The van der Waals surface area contributed by atoms with E-state index < -0.39 is 9.84 Å². The number of hydrogen-bond acceptors (Lipinski definition) is 4. The average molecular weight is 367 g/mol. The SMILES string of the molecule is CC(C)S(=O)(=O)CCCCCCCc1ccc(N2CCC(N)C2)cc1. The summed E-state index contributed by atoms with van der Waals surface area (Å²) >= 11 is 0. The summed E-state index contributed by atoms with van der Waals surface area (Å²) in [6.45, 7) is 5.55. The molecule has 1 unspecified atom stereocenters. The van der Waals surface area contributed by atoms with E-state index in [1.165, 1.54) is 24.1 Å². The van der Waals surface area contributed by atoms with Crippen LogP contribution in [0.3, 0.4) is 0 Å². The molecule has 1 heterocycles. The summed E-state index contributed by atoms with van der Waals surface area (Å²) in [5.74, 6) is 0.340. The first kappa shape index (κ1) is 20.2. The fourth-order valence-electron chi connectivity index (χ4n) is 3.29. The third kappa shape index (κ3) is 6.63. The van der Waals surface area contributed by atoms with E-state index in [0.29, 0.717) is 11.8 Å². The fourth-order valence-corrected chi connectivity index (χ4v) is 4.37. The molecule has 0 amide bonds. The highest BCUT2D eigenvalue weighted by molar-refractivity contribution is 7.91. The molecule has 4 nitrogen and oxygen atoms in total. The van der Waals surface area contributed by atoms with Gasteiger partial charge in [-0.05, 0) is 57.2 Å². The summed E-state index contributed by atoms with van der Waals surface area (Å²) in [4.78, 5) is 2.36. The van der Waals surface area contributed by atoms with Crippen LogP contribution in [-0.4, -0.2) is 38.6 Å². The minimum atomic E-state index is -2.86. The van der Waals surface area contributed by atoms with E-state index in [2.05, 4.69) is 29.2 Å². The number of nitrogens with zero attached hydrogens (tertiary/aromatic N) is 1. The number of aryl methyl sites for hydroxylation is 1. The van der Waals surface area contributed by atoms with Gasteiger partial charge in [-0.1, -0.05) is 31.4 Å². The maximum Gasteiger partial charge on any atom is 0.152 e. The van der Waals surface area contributed by atoms with Crippen LogP contribution in [0.4, 0.5) is 5.69 Å². The molecule has 25 heavy (non-hydrogen) atoms. The Morgan fingerprint density at radius 3 is 2.32 bits per heavy atom. The Bertz CT molecular complexity index is 611. The number of sulfone groups is 1. The predicted octanol–water partition coefficient (Wildman–Crippen LogP) is 3.54. The Balaban J connectivity index is 1.59.